The Kier molecular flexibility index (Phi) is 8.40. The van der Waals surface area contributed by atoms with Crippen LogP contribution in [0.1, 0.15) is 67.7 Å². The standard InChI is InChI=1S/C33H41N3O4/c1-22(2)31(37)40-33(21-24-15-16-25(33)20-27(24)23-10-6-5-7-11-23)17-19-36(3)18-9-14-29-34-28-13-8-12-26(30(28)35-29)32(38)39-4/h5-8,10-13,20,22,24-25H,9,14-19,21H2,1-4H3,(H,34,35)/t24-,25-,33+/m1/s1. The molecule has 3 aliphatic carbocycles. The number of nitrogens with one attached hydrogen (secondary N) is 1. The van der Waals surface area contributed by atoms with Crippen molar-refractivity contribution in [1.82, 2.24) is 14.9 Å². The highest BCUT2D eigenvalue weighted by atomic mass is 16.6. The lowest BCUT2D eigenvalue weighted by molar-refractivity contribution is -0.176. The van der Waals surface area contributed by atoms with E-state index in [-0.39, 0.29) is 23.8 Å². The highest BCUT2D eigenvalue weighted by Crippen LogP contribution is 2.53. The van der Waals surface area contributed by atoms with E-state index in [0.717, 1.165) is 63.0 Å². The van der Waals surface area contributed by atoms with Crippen LogP contribution in [0, 0.1) is 17.8 Å². The number of carbonyl (C=O) groups excluding carboxylic acids is 2. The summed E-state index contributed by atoms with van der Waals surface area (Å²) in [7, 11) is 3.52. The highest BCUT2D eigenvalue weighted by Gasteiger charge is 2.50. The van der Waals surface area contributed by atoms with Crippen molar-refractivity contribution < 1.29 is 19.1 Å². The Balaban J connectivity index is 1.23. The topological polar surface area (TPSA) is 84.5 Å². The molecule has 3 atom stereocenters. The van der Waals surface area contributed by atoms with Crippen LogP contribution in [0.4, 0.5) is 0 Å². The van der Waals surface area contributed by atoms with Crippen LogP contribution in [0.2, 0.25) is 0 Å². The molecular formula is C33H41N3O4. The number of nitrogens with zero attached hydrogens (tertiary/aromatic N) is 2. The van der Waals surface area contributed by atoms with Crippen molar-refractivity contribution in [1.29, 1.82) is 0 Å². The number of aryl methyl sites for hydroxylation is 1. The van der Waals surface area contributed by atoms with Gasteiger partial charge >= 0.3 is 11.9 Å². The van der Waals surface area contributed by atoms with Crippen molar-refractivity contribution in [3.8, 4) is 0 Å². The lowest BCUT2D eigenvalue weighted by Gasteiger charge is -2.50. The molecule has 6 rings (SSSR count). The molecule has 1 N–H and O–H groups in total. The van der Waals surface area contributed by atoms with Gasteiger partial charge in [-0.05, 0) is 68.5 Å². The zero-order valence-corrected chi connectivity index (χ0v) is 24.1. The Morgan fingerprint density at radius 1 is 1.10 bits per heavy atom. The molecule has 40 heavy (non-hydrogen) atoms. The molecule has 212 valence electrons. The largest absolute Gasteiger partial charge is 0.465 e. The third-order valence-corrected chi connectivity index (χ3v) is 8.63. The van der Waals surface area contributed by atoms with Gasteiger partial charge < -0.3 is 19.4 Å². The number of ether oxygens (including phenoxy) is 2. The van der Waals surface area contributed by atoms with Crippen molar-refractivity contribution >= 4 is 28.5 Å². The van der Waals surface area contributed by atoms with Gasteiger partial charge in [0.05, 0.1) is 24.1 Å². The second-order valence-corrected chi connectivity index (χ2v) is 11.7. The molecule has 1 saturated carbocycles. The number of esters is 2. The van der Waals surface area contributed by atoms with E-state index >= 15 is 0 Å². The van der Waals surface area contributed by atoms with Crippen molar-refractivity contribution in [3.63, 3.8) is 0 Å². The molecule has 3 aliphatic rings. The van der Waals surface area contributed by atoms with Gasteiger partial charge in [0, 0.05) is 25.3 Å². The van der Waals surface area contributed by atoms with Crippen molar-refractivity contribution in [2.24, 2.45) is 17.8 Å². The van der Waals surface area contributed by atoms with Crippen molar-refractivity contribution in [2.75, 3.05) is 27.2 Å². The van der Waals surface area contributed by atoms with Gasteiger partial charge in [-0.1, -0.05) is 56.3 Å². The van der Waals surface area contributed by atoms with Gasteiger partial charge in [-0.2, -0.15) is 0 Å². The Hall–Kier alpha value is -3.45. The molecule has 7 heteroatoms. The zero-order valence-electron chi connectivity index (χ0n) is 24.1. The summed E-state index contributed by atoms with van der Waals surface area (Å²) in [4.78, 5) is 35.3. The van der Waals surface area contributed by atoms with Crippen LogP contribution in [0.5, 0.6) is 0 Å². The van der Waals surface area contributed by atoms with Crippen LogP contribution >= 0.6 is 0 Å². The molecule has 7 nitrogen and oxygen atoms in total. The average molecular weight is 544 g/mol. The summed E-state index contributed by atoms with van der Waals surface area (Å²) < 4.78 is 11.3. The number of hydrogen-bond acceptors (Lipinski definition) is 6. The van der Waals surface area contributed by atoms with Crippen LogP contribution < -0.4 is 0 Å². The predicted molar refractivity (Wildman–Crippen MR) is 157 cm³/mol. The first-order valence-electron chi connectivity index (χ1n) is 14.5. The SMILES string of the molecule is COC(=O)c1cccc2[nH]c(CCCN(C)CC[C@]3(OC(=O)C(C)C)C[C@H]4CC[C@@H]3C=C4c3ccccc3)nc12. The first kappa shape index (κ1) is 28.1. The number of para-hydroxylation sites is 1. The summed E-state index contributed by atoms with van der Waals surface area (Å²) in [6.07, 6.45) is 8.05. The van der Waals surface area contributed by atoms with Gasteiger partial charge in [0.2, 0.25) is 0 Å². The summed E-state index contributed by atoms with van der Waals surface area (Å²) in [5.41, 5.74) is 4.24. The van der Waals surface area contributed by atoms with Gasteiger partial charge in [0.25, 0.3) is 0 Å². The highest BCUT2D eigenvalue weighted by molar-refractivity contribution is 6.01. The molecule has 3 aromatic rings. The quantitative estimate of drug-likeness (QED) is 0.296. The molecule has 1 fully saturated rings. The number of carbonyl (C=O) groups is 2. The number of benzene rings is 2. The number of hydrogen-bond donors (Lipinski definition) is 1. The van der Waals surface area contributed by atoms with E-state index < -0.39 is 5.60 Å². The van der Waals surface area contributed by atoms with Gasteiger partial charge in [-0.3, -0.25) is 4.79 Å². The van der Waals surface area contributed by atoms with E-state index in [0.29, 0.717) is 17.0 Å². The Morgan fingerprint density at radius 3 is 2.60 bits per heavy atom. The molecule has 0 radical (unpaired) electrons. The fourth-order valence-corrected chi connectivity index (χ4v) is 6.39. The normalized spacial score (nSPS) is 22.1. The summed E-state index contributed by atoms with van der Waals surface area (Å²) >= 11 is 0. The molecule has 0 aliphatic heterocycles. The Morgan fingerprint density at radius 2 is 1.90 bits per heavy atom. The number of rotatable bonds is 11. The maximum Gasteiger partial charge on any atom is 0.340 e. The average Bonchev–Trinajstić information content (AvgIpc) is 3.39. The van der Waals surface area contributed by atoms with Crippen molar-refractivity contribution in [2.45, 2.75) is 58.0 Å². The number of aromatic amines is 1. The molecule has 0 unspecified atom stereocenters. The van der Waals surface area contributed by atoms with Crippen LogP contribution in [0.3, 0.4) is 0 Å². The molecule has 0 saturated heterocycles. The molecule has 2 aromatic carbocycles. The molecule has 0 spiro atoms. The van der Waals surface area contributed by atoms with Gasteiger partial charge in [-0.15, -0.1) is 0 Å². The van der Waals surface area contributed by atoms with E-state index in [1.807, 2.05) is 26.0 Å². The fraction of sp³-hybridized carbons (Fsp3) is 0.485. The van der Waals surface area contributed by atoms with Crippen LogP contribution in [0.25, 0.3) is 16.6 Å². The monoisotopic (exact) mass is 543 g/mol. The molecule has 1 aromatic heterocycles. The second kappa shape index (κ2) is 12.0. The molecule has 0 amide bonds. The summed E-state index contributed by atoms with van der Waals surface area (Å²) in [5.74, 6) is 0.907. The Bertz CT molecular complexity index is 1380. The Labute approximate surface area is 237 Å². The lowest BCUT2D eigenvalue weighted by Crippen LogP contribution is -2.51. The summed E-state index contributed by atoms with van der Waals surface area (Å²) in [6, 6.07) is 16.2. The number of H-pyrrole nitrogens is 1. The van der Waals surface area contributed by atoms with E-state index in [4.69, 9.17) is 9.47 Å². The van der Waals surface area contributed by atoms with Crippen LogP contribution in [0.15, 0.2) is 54.6 Å². The third-order valence-electron chi connectivity index (χ3n) is 8.63. The minimum atomic E-state index is -0.445. The molecule has 1 heterocycles. The number of allylic oxidation sites excluding steroid dienone is 1. The maximum atomic E-state index is 12.9. The third kappa shape index (κ3) is 5.85. The van der Waals surface area contributed by atoms with Crippen LogP contribution in [-0.2, 0) is 20.7 Å². The van der Waals surface area contributed by atoms with E-state index in [9.17, 15) is 9.59 Å². The van der Waals surface area contributed by atoms with Crippen LogP contribution in [-0.4, -0.2) is 59.7 Å². The number of methoxy groups -OCH3 is 1. The first-order chi connectivity index (χ1) is 19.3. The summed E-state index contributed by atoms with van der Waals surface area (Å²) in [6.45, 7) is 5.59. The van der Waals surface area contributed by atoms with Crippen molar-refractivity contribution in [3.05, 3.63) is 71.6 Å². The fourth-order valence-electron chi connectivity index (χ4n) is 6.39. The first-order valence-corrected chi connectivity index (χ1v) is 14.5. The molecule has 2 bridgehead atoms. The maximum absolute atomic E-state index is 12.9. The van der Waals surface area contributed by atoms with Gasteiger partial charge in [-0.25, -0.2) is 9.78 Å². The minimum absolute atomic E-state index is 0.0962. The number of aromatic nitrogens is 2. The lowest BCUT2D eigenvalue weighted by atomic mass is 9.60. The zero-order chi connectivity index (χ0) is 28.3. The van der Waals surface area contributed by atoms with E-state index in [1.165, 1.54) is 18.2 Å². The number of imidazole rings is 1. The molecular weight excluding hydrogens is 502 g/mol. The smallest absolute Gasteiger partial charge is 0.340 e. The van der Waals surface area contributed by atoms with Gasteiger partial charge in [0.1, 0.15) is 16.9 Å². The predicted octanol–water partition coefficient (Wildman–Crippen LogP) is 6.06. The number of fused-ring (bicyclic) bond motifs is 3. The van der Waals surface area contributed by atoms with E-state index in [1.54, 1.807) is 6.07 Å². The minimum Gasteiger partial charge on any atom is -0.465 e. The summed E-state index contributed by atoms with van der Waals surface area (Å²) in [5, 5.41) is 0. The van der Waals surface area contributed by atoms with E-state index in [2.05, 4.69) is 58.3 Å². The second-order valence-electron chi connectivity index (χ2n) is 11.7. The van der Waals surface area contributed by atoms with Gasteiger partial charge in [0.15, 0.2) is 0 Å².